The van der Waals surface area contributed by atoms with E-state index in [2.05, 4.69) is 10.1 Å². The molecule has 0 aliphatic rings. The number of rotatable bonds is 6. The second-order valence-electron chi connectivity index (χ2n) is 3.72. The Morgan fingerprint density at radius 2 is 1.89 bits per heavy atom. The number of hydrogen-bond donors (Lipinski definition) is 1. The van der Waals surface area contributed by atoms with Crippen LogP contribution in [-0.4, -0.2) is 25.8 Å². The molecule has 0 saturated carbocycles. The summed E-state index contributed by atoms with van der Waals surface area (Å²) in [5, 5.41) is 3.12. The topological polar surface area (TPSA) is 21.3 Å². The molecule has 1 N–H and O–H groups in total. The number of nitrogens with one attached hydrogen (secondary N) is 1. The monoisotopic (exact) mass is 279 g/mol. The van der Waals surface area contributed by atoms with Gasteiger partial charge in [0, 0.05) is 16.7 Å². The lowest BCUT2D eigenvalue weighted by molar-refractivity contribution is -0.322. The summed E-state index contributed by atoms with van der Waals surface area (Å²) in [5.74, 6) is 0.278. The van der Waals surface area contributed by atoms with Gasteiger partial charge in [-0.2, -0.15) is 0 Å². The SMILES string of the molecule is CNC(C)c1ccc(SCCOC(F)(F)F)cc1. The van der Waals surface area contributed by atoms with E-state index in [0.29, 0.717) is 0 Å². The van der Waals surface area contributed by atoms with Gasteiger partial charge in [-0.15, -0.1) is 24.9 Å². The van der Waals surface area contributed by atoms with E-state index in [9.17, 15) is 13.2 Å². The summed E-state index contributed by atoms with van der Waals surface area (Å²) in [6, 6.07) is 8.00. The Morgan fingerprint density at radius 1 is 1.28 bits per heavy atom. The first kappa shape index (κ1) is 15.3. The van der Waals surface area contributed by atoms with Gasteiger partial charge in [0.25, 0.3) is 0 Å². The molecule has 0 amide bonds. The lowest BCUT2D eigenvalue weighted by Crippen LogP contribution is -2.15. The van der Waals surface area contributed by atoms with Crippen LogP contribution in [0, 0.1) is 0 Å². The predicted octanol–water partition coefficient (Wildman–Crippen LogP) is 3.60. The Bertz CT molecular complexity index is 353. The van der Waals surface area contributed by atoms with Crippen LogP contribution in [0.5, 0.6) is 0 Å². The maximum Gasteiger partial charge on any atom is 0.522 e. The van der Waals surface area contributed by atoms with Gasteiger partial charge < -0.3 is 5.32 Å². The first-order valence-corrected chi connectivity index (χ1v) is 6.51. The fraction of sp³-hybridized carbons (Fsp3) is 0.500. The third-order valence-electron chi connectivity index (χ3n) is 2.43. The molecule has 1 atom stereocenters. The maximum absolute atomic E-state index is 11.7. The van der Waals surface area contributed by atoms with Gasteiger partial charge in [-0.05, 0) is 31.7 Å². The summed E-state index contributed by atoms with van der Waals surface area (Å²) in [7, 11) is 1.88. The minimum absolute atomic E-state index is 0.262. The summed E-state index contributed by atoms with van der Waals surface area (Å²) in [6.07, 6.45) is -4.54. The van der Waals surface area contributed by atoms with Gasteiger partial charge in [-0.25, -0.2) is 0 Å². The molecule has 1 rings (SSSR count). The standard InChI is InChI=1S/C12H16F3NOS/c1-9(16-2)10-3-5-11(6-4-10)18-8-7-17-12(13,14)15/h3-6,9,16H,7-8H2,1-2H3. The quantitative estimate of drug-likeness (QED) is 0.635. The first-order valence-electron chi connectivity index (χ1n) is 5.53. The fourth-order valence-corrected chi connectivity index (χ4v) is 2.07. The second-order valence-corrected chi connectivity index (χ2v) is 4.89. The van der Waals surface area contributed by atoms with Gasteiger partial charge in [-0.3, -0.25) is 4.74 Å². The third-order valence-corrected chi connectivity index (χ3v) is 3.41. The van der Waals surface area contributed by atoms with Crippen LogP contribution >= 0.6 is 11.8 Å². The number of halogens is 3. The normalized spacial score (nSPS) is 13.6. The lowest BCUT2D eigenvalue weighted by atomic mass is 10.1. The van der Waals surface area contributed by atoms with Crippen LogP contribution in [0.4, 0.5) is 13.2 Å². The lowest BCUT2D eigenvalue weighted by Gasteiger charge is -2.11. The fourth-order valence-electron chi connectivity index (χ4n) is 1.34. The average Bonchev–Trinajstić information content (AvgIpc) is 2.33. The number of benzene rings is 1. The van der Waals surface area contributed by atoms with E-state index < -0.39 is 6.36 Å². The van der Waals surface area contributed by atoms with E-state index in [4.69, 9.17) is 0 Å². The summed E-state index contributed by atoms with van der Waals surface area (Å²) in [4.78, 5) is 0.938. The molecule has 1 aromatic carbocycles. The summed E-state index contributed by atoms with van der Waals surface area (Å²) < 4.78 is 38.9. The highest BCUT2D eigenvalue weighted by atomic mass is 32.2. The van der Waals surface area contributed by atoms with Crippen molar-refractivity contribution in [2.45, 2.75) is 24.2 Å². The highest BCUT2D eigenvalue weighted by Crippen LogP contribution is 2.22. The van der Waals surface area contributed by atoms with Crippen LogP contribution in [0.2, 0.25) is 0 Å². The smallest absolute Gasteiger partial charge is 0.313 e. The van der Waals surface area contributed by atoms with E-state index in [1.807, 2.05) is 38.2 Å². The Balaban J connectivity index is 2.35. The van der Waals surface area contributed by atoms with Crippen LogP contribution < -0.4 is 5.32 Å². The van der Waals surface area contributed by atoms with E-state index in [-0.39, 0.29) is 18.4 Å². The highest BCUT2D eigenvalue weighted by Gasteiger charge is 2.28. The molecule has 0 fully saturated rings. The summed E-state index contributed by atoms with van der Waals surface area (Å²) in [5.41, 5.74) is 1.15. The van der Waals surface area contributed by atoms with Gasteiger partial charge in [0.2, 0.25) is 0 Å². The number of ether oxygens (including phenoxy) is 1. The van der Waals surface area contributed by atoms with E-state index in [0.717, 1.165) is 10.5 Å². The zero-order valence-corrected chi connectivity index (χ0v) is 11.1. The molecule has 0 aromatic heterocycles. The predicted molar refractivity (Wildman–Crippen MR) is 66.6 cm³/mol. The molecule has 2 nitrogen and oxygen atoms in total. The van der Waals surface area contributed by atoms with Crippen molar-refractivity contribution >= 4 is 11.8 Å². The second kappa shape index (κ2) is 7.01. The van der Waals surface area contributed by atoms with Crippen LogP contribution in [0.15, 0.2) is 29.2 Å². The van der Waals surface area contributed by atoms with Gasteiger partial charge in [-0.1, -0.05) is 12.1 Å². The van der Waals surface area contributed by atoms with Crippen LogP contribution in [-0.2, 0) is 4.74 Å². The van der Waals surface area contributed by atoms with Crippen LogP contribution in [0.25, 0.3) is 0 Å². The molecule has 0 bridgehead atoms. The van der Waals surface area contributed by atoms with Crippen molar-refractivity contribution in [1.82, 2.24) is 5.32 Å². The number of alkyl halides is 3. The largest absolute Gasteiger partial charge is 0.522 e. The van der Waals surface area contributed by atoms with Crippen LogP contribution in [0.3, 0.4) is 0 Å². The van der Waals surface area contributed by atoms with Crippen molar-refractivity contribution in [2.24, 2.45) is 0 Å². The van der Waals surface area contributed by atoms with Gasteiger partial charge in [0.15, 0.2) is 0 Å². The molecule has 0 spiro atoms. The van der Waals surface area contributed by atoms with Crippen molar-refractivity contribution in [2.75, 3.05) is 19.4 Å². The minimum atomic E-state index is -4.54. The van der Waals surface area contributed by atoms with Crippen molar-refractivity contribution in [1.29, 1.82) is 0 Å². The van der Waals surface area contributed by atoms with Crippen molar-refractivity contribution < 1.29 is 17.9 Å². The van der Waals surface area contributed by atoms with E-state index in [1.165, 1.54) is 11.8 Å². The first-order chi connectivity index (χ1) is 8.42. The van der Waals surface area contributed by atoms with E-state index >= 15 is 0 Å². The molecule has 6 heteroatoms. The molecule has 0 heterocycles. The number of thioether (sulfide) groups is 1. The molecule has 1 aromatic rings. The molecular formula is C12H16F3NOS. The molecule has 18 heavy (non-hydrogen) atoms. The molecule has 0 saturated heterocycles. The van der Waals surface area contributed by atoms with Crippen molar-refractivity contribution in [3.63, 3.8) is 0 Å². The summed E-state index contributed by atoms with van der Waals surface area (Å²) in [6.45, 7) is 1.71. The maximum atomic E-state index is 11.7. The zero-order valence-electron chi connectivity index (χ0n) is 10.3. The molecular weight excluding hydrogens is 263 g/mol. The highest BCUT2D eigenvalue weighted by molar-refractivity contribution is 7.99. The van der Waals surface area contributed by atoms with Gasteiger partial charge in [0.1, 0.15) is 0 Å². The zero-order chi connectivity index (χ0) is 13.6. The Kier molecular flexibility index (Phi) is 5.98. The average molecular weight is 279 g/mol. The third kappa shape index (κ3) is 5.75. The Hall–Kier alpha value is -0.720. The molecule has 1 unspecified atom stereocenters. The molecule has 0 aliphatic carbocycles. The van der Waals surface area contributed by atoms with E-state index in [1.54, 1.807) is 0 Å². The van der Waals surface area contributed by atoms with Gasteiger partial charge in [0.05, 0.1) is 6.61 Å². The van der Waals surface area contributed by atoms with Crippen molar-refractivity contribution in [3.05, 3.63) is 29.8 Å². The molecule has 0 aliphatic heterocycles. The van der Waals surface area contributed by atoms with Gasteiger partial charge >= 0.3 is 6.36 Å². The van der Waals surface area contributed by atoms with Crippen LogP contribution in [0.1, 0.15) is 18.5 Å². The number of hydrogen-bond acceptors (Lipinski definition) is 3. The summed E-state index contributed by atoms with van der Waals surface area (Å²) >= 11 is 1.34. The molecule has 102 valence electrons. The molecule has 0 radical (unpaired) electrons. The Labute approximate surface area is 109 Å². The minimum Gasteiger partial charge on any atom is -0.313 e. The Morgan fingerprint density at radius 3 is 2.39 bits per heavy atom. The van der Waals surface area contributed by atoms with Crippen molar-refractivity contribution in [3.8, 4) is 0 Å².